The van der Waals surface area contributed by atoms with Gasteiger partial charge in [-0.25, -0.2) is 8.42 Å². The molecule has 1 N–H and O–H groups in total. The van der Waals surface area contributed by atoms with E-state index in [4.69, 9.17) is 16.3 Å². The molecule has 176 valence electrons. The fraction of sp³-hybridized carbons (Fsp3) is 0.417. The van der Waals surface area contributed by atoms with Gasteiger partial charge in [0, 0.05) is 41.9 Å². The lowest BCUT2D eigenvalue weighted by Gasteiger charge is -2.36. The molecule has 1 aliphatic heterocycles. The highest BCUT2D eigenvalue weighted by atomic mass is 35.5. The Morgan fingerprint density at radius 2 is 1.91 bits per heavy atom. The fourth-order valence-corrected chi connectivity index (χ4v) is 8.09. The van der Waals surface area contributed by atoms with Crippen LogP contribution in [0.15, 0.2) is 34.5 Å². The minimum atomic E-state index is -3.80. The summed E-state index contributed by atoms with van der Waals surface area (Å²) in [5, 5.41) is 1.46. The molecule has 3 aromatic rings. The standard InChI is InChI=1S/C24H28ClN3O3S2/c1-15-19-14-16(25)4-9-22(19)32-24(15)33(29,30)26-23-18-5-7-20(17(18)6-8-21(23)31-3)28-12-10-27(2)11-13-28/h4,6,8-9,14,20,26H,5,7,10-13H2,1-3H3/t20-/m0/s1. The van der Waals surface area contributed by atoms with Crippen molar-refractivity contribution in [1.29, 1.82) is 0 Å². The monoisotopic (exact) mass is 505 g/mol. The first-order valence-corrected chi connectivity index (χ1v) is 13.8. The lowest BCUT2D eigenvalue weighted by molar-refractivity contribution is 0.111. The number of anilines is 1. The molecule has 0 amide bonds. The van der Waals surface area contributed by atoms with Crippen LogP contribution in [0.2, 0.25) is 5.02 Å². The van der Waals surface area contributed by atoms with Gasteiger partial charge in [0.1, 0.15) is 9.96 Å². The Labute approximate surface area is 204 Å². The lowest BCUT2D eigenvalue weighted by Crippen LogP contribution is -2.45. The third-order valence-electron chi connectivity index (χ3n) is 6.87. The Kier molecular flexibility index (Phi) is 6.07. The van der Waals surface area contributed by atoms with Gasteiger partial charge in [0.25, 0.3) is 10.0 Å². The van der Waals surface area contributed by atoms with Crippen LogP contribution in [0.4, 0.5) is 5.69 Å². The number of hydrogen-bond donors (Lipinski definition) is 1. The number of nitrogens with zero attached hydrogens (tertiary/aromatic N) is 2. The van der Waals surface area contributed by atoms with Gasteiger partial charge in [-0.05, 0) is 73.2 Å². The van der Waals surface area contributed by atoms with Crippen molar-refractivity contribution in [2.75, 3.05) is 45.1 Å². The van der Waals surface area contributed by atoms with Crippen LogP contribution < -0.4 is 9.46 Å². The van der Waals surface area contributed by atoms with Crippen LogP contribution in [-0.2, 0) is 16.4 Å². The van der Waals surface area contributed by atoms with E-state index >= 15 is 0 Å². The molecule has 0 spiro atoms. The quantitative estimate of drug-likeness (QED) is 0.534. The molecule has 9 heteroatoms. The van der Waals surface area contributed by atoms with Gasteiger partial charge in [-0.3, -0.25) is 9.62 Å². The predicted octanol–water partition coefficient (Wildman–Crippen LogP) is 4.91. The summed E-state index contributed by atoms with van der Waals surface area (Å²) >= 11 is 7.42. The number of thiophene rings is 1. The zero-order valence-electron chi connectivity index (χ0n) is 19.0. The Morgan fingerprint density at radius 1 is 1.15 bits per heavy atom. The normalized spacial score (nSPS) is 19.7. The largest absolute Gasteiger partial charge is 0.495 e. The highest BCUT2D eigenvalue weighted by molar-refractivity contribution is 7.95. The maximum Gasteiger partial charge on any atom is 0.271 e. The molecular formula is C24H28ClN3O3S2. The van der Waals surface area contributed by atoms with Crippen LogP contribution in [0.25, 0.3) is 10.1 Å². The molecule has 1 atom stereocenters. The summed E-state index contributed by atoms with van der Waals surface area (Å²) in [6.07, 6.45) is 1.81. The molecule has 2 heterocycles. The highest BCUT2D eigenvalue weighted by Crippen LogP contribution is 2.45. The smallest absolute Gasteiger partial charge is 0.271 e. The molecule has 2 aliphatic rings. The van der Waals surface area contributed by atoms with E-state index in [0.29, 0.717) is 32.3 Å². The molecule has 33 heavy (non-hydrogen) atoms. The lowest BCUT2D eigenvalue weighted by atomic mass is 10.0. The van der Waals surface area contributed by atoms with Crippen LogP contribution in [-0.4, -0.2) is 58.6 Å². The van der Waals surface area contributed by atoms with E-state index in [1.54, 1.807) is 13.2 Å². The van der Waals surface area contributed by atoms with E-state index in [1.165, 1.54) is 16.9 Å². The van der Waals surface area contributed by atoms with Crippen LogP contribution in [0.3, 0.4) is 0 Å². The van der Waals surface area contributed by atoms with Gasteiger partial charge in [-0.15, -0.1) is 11.3 Å². The number of likely N-dealkylation sites (N-methyl/N-ethyl adjacent to an activating group) is 1. The van der Waals surface area contributed by atoms with Gasteiger partial charge in [-0.2, -0.15) is 0 Å². The zero-order chi connectivity index (χ0) is 23.3. The maximum absolute atomic E-state index is 13.6. The summed E-state index contributed by atoms with van der Waals surface area (Å²) in [5.74, 6) is 0.554. The second-order valence-electron chi connectivity index (χ2n) is 8.86. The van der Waals surface area contributed by atoms with E-state index in [9.17, 15) is 8.42 Å². The predicted molar refractivity (Wildman–Crippen MR) is 136 cm³/mol. The van der Waals surface area contributed by atoms with Gasteiger partial charge in [0.05, 0.1) is 12.8 Å². The van der Waals surface area contributed by atoms with Crippen molar-refractivity contribution in [3.8, 4) is 5.75 Å². The van der Waals surface area contributed by atoms with Crippen LogP contribution in [0.1, 0.15) is 29.2 Å². The molecule has 0 saturated carbocycles. The fourth-order valence-electron chi connectivity index (χ4n) is 5.06. The van der Waals surface area contributed by atoms with Gasteiger partial charge in [0.15, 0.2) is 0 Å². The molecule has 6 nitrogen and oxygen atoms in total. The summed E-state index contributed by atoms with van der Waals surface area (Å²) in [6, 6.07) is 9.79. The molecule has 0 unspecified atom stereocenters. The van der Waals surface area contributed by atoms with Crippen LogP contribution >= 0.6 is 22.9 Å². The van der Waals surface area contributed by atoms with Crippen molar-refractivity contribution in [3.63, 3.8) is 0 Å². The molecule has 1 aromatic heterocycles. The van der Waals surface area contributed by atoms with Crippen molar-refractivity contribution in [2.45, 2.75) is 30.0 Å². The van der Waals surface area contributed by atoms with Crippen molar-refractivity contribution < 1.29 is 13.2 Å². The minimum absolute atomic E-state index is 0.313. The molecule has 5 rings (SSSR count). The second-order valence-corrected chi connectivity index (χ2v) is 12.2. The highest BCUT2D eigenvalue weighted by Gasteiger charge is 2.34. The number of ether oxygens (including phenoxy) is 1. The average molecular weight is 506 g/mol. The first-order valence-electron chi connectivity index (χ1n) is 11.1. The first kappa shape index (κ1) is 22.9. The molecule has 1 fully saturated rings. The molecule has 1 aliphatic carbocycles. The number of piperazine rings is 1. The summed E-state index contributed by atoms with van der Waals surface area (Å²) in [4.78, 5) is 4.87. The van der Waals surface area contributed by atoms with Crippen molar-refractivity contribution in [1.82, 2.24) is 9.80 Å². The number of halogens is 1. The number of fused-ring (bicyclic) bond motifs is 2. The van der Waals surface area contributed by atoms with Gasteiger partial charge in [0.2, 0.25) is 0 Å². The minimum Gasteiger partial charge on any atom is -0.495 e. The van der Waals surface area contributed by atoms with E-state index in [2.05, 4.69) is 27.6 Å². The number of methoxy groups -OCH3 is 1. The van der Waals surface area contributed by atoms with E-state index in [-0.39, 0.29) is 0 Å². The van der Waals surface area contributed by atoms with Crippen molar-refractivity contribution >= 4 is 48.7 Å². The maximum atomic E-state index is 13.6. The summed E-state index contributed by atoms with van der Waals surface area (Å²) in [5.41, 5.74) is 3.54. The number of aryl methyl sites for hydroxylation is 1. The van der Waals surface area contributed by atoms with Gasteiger partial charge < -0.3 is 9.64 Å². The number of benzene rings is 2. The molecule has 2 aromatic carbocycles. The Balaban J connectivity index is 1.52. The number of nitrogens with one attached hydrogen (secondary N) is 1. The average Bonchev–Trinajstić information content (AvgIpc) is 3.36. The number of sulfonamides is 1. The van der Waals surface area contributed by atoms with Crippen LogP contribution in [0, 0.1) is 6.92 Å². The van der Waals surface area contributed by atoms with Gasteiger partial charge in [-0.1, -0.05) is 17.7 Å². The molecule has 0 radical (unpaired) electrons. The second kappa shape index (κ2) is 8.74. The molecular weight excluding hydrogens is 478 g/mol. The van der Waals surface area contributed by atoms with E-state index < -0.39 is 10.0 Å². The molecule has 1 saturated heterocycles. The third-order valence-corrected chi connectivity index (χ3v) is 10.3. The molecule has 0 bridgehead atoms. The SMILES string of the molecule is COc1ccc2c(c1NS(=O)(=O)c1sc3ccc(Cl)cc3c1C)CC[C@@H]2N1CCN(C)CC1. The van der Waals surface area contributed by atoms with Crippen LogP contribution in [0.5, 0.6) is 5.75 Å². The number of hydrogen-bond acceptors (Lipinski definition) is 6. The zero-order valence-corrected chi connectivity index (χ0v) is 21.4. The number of rotatable bonds is 5. The van der Waals surface area contributed by atoms with E-state index in [0.717, 1.165) is 54.7 Å². The van der Waals surface area contributed by atoms with Gasteiger partial charge >= 0.3 is 0 Å². The topological polar surface area (TPSA) is 61.9 Å². The summed E-state index contributed by atoms with van der Waals surface area (Å²) in [6.45, 7) is 5.99. The summed E-state index contributed by atoms with van der Waals surface area (Å²) in [7, 11) is -0.0605. The Hall–Kier alpha value is -1.84. The van der Waals surface area contributed by atoms with E-state index in [1.807, 2.05) is 25.1 Å². The Bertz CT molecular complexity index is 1310. The first-order chi connectivity index (χ1) is 15.8. The van der Waals surface area contributed by atoms with Crippen molar-refractivity contribution in [3.05, 3.63) is 52.0 Å². The van der Waals surface area contributed by atoms with Crippen molar-refractivity contribution in [2.24, 2.45) is 0 Å². The third kappa shape index (κ3) is 4.12. The summed E-state index contributed by atoms with van der Waals surface area (Å²) < 4.78 is 36.8. The Morgan fingerprint density at radius 3 is 2.64 bits per heavy atom.